The van der Waals surface area contributed by atoms with Crippen LogP contribution in [0, 0.1) is 0 Å². The zero-order valence-corrected chi connectivity index (χ0v) is 16.1. The maximum Gasteiger partial charge on any atom is 0.222 e. The molecule has 0 radical (unpaired) electrons. The molecule has 0 bridgehead atoms. The van der Waals surface area contributed by atoms with E-state index >= 15 is 0 Å². The predicted molar refractivity (Wildman–Crippen MR) is 103 cm³/mol. The minimum Gasteiger partial charge on any atom is -0.496 e. The molecule has 0 atom stereocenters. The van der Waals surface area contributed by atoms with Crippen LogP contribution in [0.4, 0.5) is 0 Å². The third kappa shape index (κ3) is 7.13. The van der Waals surface area contributed by atoms with Gasteiger partial charge >= 0.3 is 0 Å². The van der Waals surface area contributed by atoms with Crippen LogP contribution in [0.1, 0.15) is 6.92 Å². The Hall–Kier alpha value is -2.09. The van der Waals surface area contributed by atoms with Gasteiger partial charge in [-0.15, -0.1) is 0 Å². The summed E-state index contributed by atoms with van der Waals surface area (Å²) < 4.78 is 10.3. The molecule has 0 fully saturated rings. The Morgan fingerprint density at radius 3 is 2.32 bits per heavy atom. The Morgan fingerprint density at radius 2 is 1.88 bits per heavy atom. The third-order valence-electron chi connectivity index (χ3n) is 2.73. The number of amides is 1. The summed E-state index contributed by atoms with van der Waals surface area (Å²) in [6.45, 7) is 1.35. The van der Waals surface area contributed by atoms with E-state index in [1.165, 1.54) is 6.92 Å². The second-order valence-electron chi connectivity index (χ2n) is 4.60. The van der Waals surface area contributed by atoms with Crippen LogP contribution in [-0.4, -0.2) is 30.2 Å². The molecule has 0 aliphatic rings. The molecule has 1 aromatic carbocycles. The molecule has 0 saturated heterocycles. The third-order valence-corrected chi connectivity index (χ3v) is 3.38. The number of nitrogens with two attached hydrogens (primary N) is 1. The first-order valence-electron chi connectivity index (χ1n) is 6.89. The van der Waals surface area contributed by atoms with Gasteiger partial charge in [0, 0.05) is 29.6 Å². The molecule has 1 aromatic heterocycles. The number of methoxy groups -OCH3 is 2. The zero-order valence-electron chi connectivity index (χ0n) is 13.8. The number of pyridine rings is 1. The van der Waals surface area contributed by atoms with E-state index in [9.17, 15) is 4.79 Å². The van der Waals surface area contributed by atoms with Crippen molar-refractivity contribution in [3.8, 4) is 22.9 Å². The number of thiocarbonyl (C=S) groups is 1. The Labute approximate surface area is 161 Å². The van der Waals surface area contributed by atoms with Gasteiger partial charge in [0.05, 0.1) is 24.9 Å². The SMILES string of the molecule is CC(=O)NC(N)=S.COc1cc(OC)nc(-c2ccc(Cl)cc2Cl)c1. The van der Waals surface area contributed by atoms with E-state index in [-0.39, 0.29) is 11.0 Å². The maximum atomic E-state index is 9.98. The monoisotopic (exact) mass is 401 g/mol. The molecular formula is C16H17Cl2N3O3S. The number of nitrogens with one attached hydrogen (secondary N) is 1. The summed E-state index contributed by atoms with van der Waals surface area (Å²) in [5, 5.41) is 3.31. The summed E-state index contributed by atoms with van der Waals surface area (Å²) in [4.78, 5) is 14.3. The smallest absolute Gasteiger partial charge is 0.222 e. The zero-order chi connectivity index (χ0) is 19.0. The summed E-state index contributed by atoms with van der Waals surface area (Å²) in [6.07, 6.45) is 0. The number of rotatable bonds is 3. The molecule has 134 valence electrons. The molecule has 2 aromatic rings. The normalized spacial score (nSPS) is 9.48. The van der Waals surface area contributed by atoms with Crippen molar-refractivity contribution >= 4 is 46.4 Å². The number of hydrogen-bond acceptors (Lipinski definition) is 5. The molecule has 0 aliphatic carbocycles. The Morgan fingerprint density at radius 1 is 1.20 bits per heavy atom. The van der Waals surface area contributed by atoms with Gasteiger partial charge in [-0.1, -0.05) is 23.2 Å². The highest BCUT2D eigenvalue weighted by Gasteiger charge is 2.09. The van der Waals surface area contributed by atoms with Crippen LogP contribution in [0.3, 0.4) is 0 Å². The van der Waals surface area contributed by atoms with E-state index in [0.717, 1.165) is 5.56 Å². The van der Waals surface area contributed by atoms with Crippen LogP contribution in [0.25, 0.3) is 11.3 Å². The molecule has 6 nitrogen and oxygen atoms in total. The van der Waals surface area contributed by atoms with E-state index < -0.39 is 0 Å². The fourth-order valence-electron chi connectivity index (χ4n) is 1.71. The number of hydrogen-bond donors (Lipinski definition) is 2. The van der Waals surface area contributed by atoms with Gasteiger partial charge in [-0.2, -0.15) is 0 Å². The van der Waals surface area contributed by atoms with Crippen molar-refractivity contribution in [1.82, 2.24) is 10.3 Å². The first kappa shape index (κ1) is 21.0. The molecule has 1 heterocycles. The maximum absolute atomic E-state index is 9.98. The van der Waals surface area contributed by atoms with E-state index in [1.807, 2.05) is 6.07 Å². The van der Waals surface area contributed by atoms with E-state index in [1.54, 1.807) is 38.5 Å². The van der Waals surface area contributed by atoms with E-state index in [4.69, 9.17) is 38.4 Å². The first-order valence-corrected chi connectivity index (χ1v) is 8.05. The fraction of sp³-hybridized carbons (Fsp3) is 0.188. The van der Waals surface area contributed by atoms with Crippen molar-refractivity contribution in [2.24, 2.45) is 5.73 Å². The lowest BCUT2D eigenvalue weighted by atomic mass is 10.1. The van der Waals surface area contributed by atoms with Crippen LogP contribution in [0.5, 0.6) is 11.6 Å². The van der Waals surface area contributed by atoms with Gasteiger partial charge in [0.25, 0.3) is 0 Å². The second-order valence-corrected chi connectivity index (χ2v) is 5.89. The standard InChI is InChI=1S/C13H11Cl2NO2.C3H6N2OS/c1-17-9-6-12(16-13(7-9)18-2)10-4-3-8(14)5-11(10)15;1-2(6)5-3(4)7/h3-7H,1-2H3;1H3,(H3,4,5,6,7). The number of ether oxygens (including phenoxy) is 2. The highest BCUT2D eigenvalue weighted by Crippen LogP contribution is 2.32. The van der Waals surface area contributed by atoms with Gasteiger partial charge in [0.1, 0.15) is 5.75 Å². The average Bonchev–Trinajstić information content (AvgIpc) is 2.53. The first-order chi connectivity index (χ1) is 11.8. The van der Waals surface area contributed by atoms with Crippen molar-refractivity contribution < 1.29 is 14.3 Å². The molecule has 0 aliphatic heterocycles. The number of halogens is 2. The molecule has 9 heteroatoms. The second kappa shape index (κ2) is 10.0. The topological polar surface area (TPSA) is 86.5 Å². The Bertz CT molecular complexity index is 738. The summed E-state index contributed by atoms with van der Waals surface area (Å²) in [5.74, 6) is 0.894. The number of carbonyl (C=O) groups is 1. The lowest BCUT2D eigenvalue weighted by molar-refractivity contribution is -0.117. The van der Waals surface area contributed by atoms with Gasteiger partial charge in [-0.25, -0.2) is 4.98 Å². The van der Waals surface area contributed by atoms with Crippen LogP contribution in [0.15, 0.2) is 30.3 Å². The molecule has 25 heavy (non-hydrogen) atoms. The predicted octanol–water partition coefficient (Wildman–Crippen LogP) is 3.44. The summed E-state index contributed by atoms with van der Waals surface area (Å²) >= 11 is 16.3. The molecule has 3 N–H and O–H groups in total. The molecule has 0 saturated carbocycles. The van der Waals surface area contributed by atoms with Gasteiger partial charge in [-0.05, 0) is 30.4 Å². The molecule has 2 rings (SSSR count). The minimum atomic E-state index is -0.229. The van der Waals surface area contributed by atoms with Crippen molar-refractivity contribution in [2.75, 3.05) is 14.2 Å². The average molecular weight is 402 g/mol. The lowest BCUT2D eigenvalue weighted by Gasteiger charge is -2.09. The van der Waals surface area contributed by atoms with Crippen LogP contribution in [0.2, 0.25) is 10.0 Å². The highest BCUT2D eigenvalue weighted by atomic mass is 35.5. The van der Waals surface area contributed by atoms with Crippen molar-refractivity contribution in [1.29, 1.82) is 0 Å². The minimum absolute atomic E-state index is 0.0208. The number of benzene rings is 1. The summed E-state index contributed by atoms with van der Waals surface area (Å²) in [6, 6.07) is 8.74. The fourth-order valence-corrected chi connectivity index (χ4v) is 2.36. The Balaban J connectivity index is 0.000000381. The van der Waals surface area contributed by atoms with Gasteiger partial charge < -0.3 is 20.5 Å². The summed E-state index contributed by atoms with van der Waals surface area (Å²) in [5.41, 5.74) is 6.34. The van der Waals surface area contributed by atoms with E-state index in [2.05, 4.69) is 22.5 Å². The molecular weight excluding hydrogens is 385 g/mol. The van der Waals surface area contributed by atoms with Gasteiger partial charge in [-0.3, -0.25) is 4.79 Å². The van der Waals surface area contributed by atoms with E-state index in [0.29, 0.717) is 27.4 Å². The lowest BCUT2D eigenvalue weighted by Crippen LogP contribution is -2.32. The van der Waals surface area contributed by atoms with Crippen molar-refractivity contribution in [2.45, 2.75) is 6.92 Å². The number of aromatic nitrogens is 1. The van der Waals surface area contributed by atoms with Crippen LogP contribution < -0.4 is 20.5 Å². The highest BCUT2D eigenvalue weighted by molar-refractivity contribution is 7.80. The van der Waals surface area contributed by atoms with Crippen LogP contribution in [-0.2, 0) is 4.79 Å². The van der Waals surface area contributed by atoms with Crippen molar-refractivity contribution in [3.63, 3.8) is 0 Å². The molecule has 0 unspecified atom stereocenters. The van der Waals surface area contributed by atoms with Gasteiger partial charge in [0.2, 0.25) is 11.8 Å². The van der Waals surface area contributed by atoms with Crippen LogP contribution >= 0.6 is 35.4 Å². The number of nitrogens with zero attached hydrogens (tertiary/aromatic N) is 1. The van der Waals surface area contributed by atoms with Gasteiger partial charge in [0.15, 0.2) is 5.11 Å². The quantitative estimate of drug-likeness (QED) is 0.765. The summed E-state index contributed by atoms with van der Waals surface area (Å²) in [7, 11) is 3.14. The van der Waals surface area contributed by atoms with Crippen molar-refractivity contribution in [3.05, 3.63) is 40.4 Å². The number of carbonyl (C=O) groups excluding carboxylic acids is 1. The largest absolute Gasteiger partial charge is 0.496 e. The molecule has 1 amide bonds. The molecule has 0 spiro atoms. The Kier molecular flexibility index (Phi) is 8.40.